The SMILES string of the molecule is CCC(C)C(S)C(=O)N1CCC[C@H]1C(=O)N1CCC[C@H]1C(=O)N[C@@H](C)C(N)=O. The summed E-state index contributed by atoms with van der Waals surface area (Å²) in [6.07, 6.45) is 3.42. The predicted octanol–water partition coefficient (Wildman–Crippen LogP) is 0.303. The highest BCUT2D eigenvalue weighted by Crippen LogP contribution is 2.27. The molecule has 2 fully saturated rings. The summed E-state index contributed by atoms with van der Waals surface area (Å²) in [5.74, 6) is -1.19. The molecule has 2 aliphatic heterocycles. The predicted molar refractivity (Wildman–Crippen MR) is 108 cm³/mol. The van der Waals surface area contributed by atoms with E-state index in [1.807, 2.05) is 13.8 Å². The molecular weight excluding hydrogens is 380 g/mol. The second-order valence-corrected chi connectivity index (χ2v) is 8.40. The van der Waals surface area contributed by atoms with Crippen LogP contribution >= 0.6 is 12.6 Å². The van der Waals surface area contributed by atoms with Crippen molar-refractivity contribution in [1.82, 2.24) is 15.1 Å². The van der Waals surface area contributed by atoms with Crippen molar-refractivity contribution in [1.29, 1.82) is 0 Å². The molecule has 158 valence electrons. The first-order valence-electron chi connectivity index (χ1n) is 10.1. The molecule has 2 aliphatic rings. The maximum absolute atomic E-state index is 13.2. The van der Waals surface area contributed by atoms with Crippen molar-refractivity contribution >= 4 is 36.3 Å². The highest BCUT2D eigenvalue weighted by molar-refractivity contribution is 7.81. The molecule has 0 bridgehead atoms. The average molecular weight is 413 g/mol. The third kappa shape index (κ3) is 4.79. The number of carbonyl (C=O) groups excluding carboxylic acids is 4. The molecule has 0 aliphatic carbocycles. The van der Waals surface area contributed by atoms with Crippen LogP contribution in [-0.2, 0) is 19.2 Å². The molecule has 2 unspecified atom stereocenters. The highest BCUT2D eigenvalue weighted by Gasteiger charge is 2.43. The van der Waals surface area contributed by atoms with Crippen LogP contribution in [0.4, 0.5) is 0 Å². The zero-order valence-electron chi connectivity index (χ0n) is 16.9. The molecule has 2 saturated heterocycles. The van der Waals surface area contributed by atoms with Crippen LogP contribution in [-0.4, -0.2) is 69.9 Å². The van der Waals surface area contributed by atoms with Gasteiger partial charge in [-0.1, -0.05) is 20.3 Å². The Labute approximate surface area is 172 Å². The normalized spacial score (nSPS) is 25.3. The van der Waals surface area contributed by atoms with Gasteiger partial charge in [-0.3, -0.25) is 19.2 Å². The van der Waals surface area contributed by atoms with Gasteiger partial charge in [0.25, 0.3) is 0 Å². The summed E-state index contributed by atoms with van der Waals surface area (Å²) < 4.78 is 0. The van der Waals surface area contributed by atoms with Gasteiger partial charge < -0.3 is 20.9 Å². The van der Waals surface area contributed by atoms with Crippen LogP contribution in [0.15, 0.2) is 0 Å². The number of likely N-dealkylation sites (tertiary alicyclic amines) is 2. The van der Waals surface area contributed by atoms with Gasteiger partial charge in [0.05, 0.1) is 5.25 Å². The average Bonchev–Trinajstić information content (AvgIpc) is 3.34. The smallest absolute Gasteiger partial charge is 0.246 e. The molecule has 2 rings (SSSR count). The maximum atomic E-state index is 13.2. The van der Waals surface area contributed by atoms with Gasteiger partial charge in [-0.05, 0) is 38.5 Å². The van der Waals surface area contributed by atoms with Gasteiger partial charge in [0, 0.05) is 13.1 Å². The molecule has 0 radical (unpaired) electrons. The van der Waals surface area contributed by atoms with Gasteiger partial charge in [-0.25, -0.2) is 0 Å². The van der Waals surface area contributed by atoms with Crippen LogP contribution in [0.2, 0.25) is 0 Å². The van der Waals surface area contributed by atoms with Crippen molar-refractivity contribution in [2.75, 3.05) is 13.1 Å². The van der Waals surface area contributed by atoms with Gasteiger partial charge in [0.15, 0.2) is 0 Å². The first-order chi connectivity index (χ1) is 13.2. The van der Waals surface area contributed by atoms with E-state index in [9.17, 15) is 19.2 Å². The summed E-state index contributed by atoms with van der Waals surface area (Å²) in [6, 6.07) is -1.98. The standard InChI is InChI=1S/C19H32N4O4S/c1-4-11(2)15(28)19(27)23-10-6-8-14(23)18(26)22-9-5-7-13(22)17(25)21-12(3)16(20)24/h11-15,28H,4-10H2,1-3H3,(H2,20,24)(H,21,25)/t11?,12-,13-,14-,15?/m0/s1. The van der Waals surface area contributed by atoms with Gasteiger partial charge in [-0.15, -0.1) is 0 Å². The van der Waals surface area contributed by atoms with Crippen LogP contribution in [0.25, 0.3) is 0 Å². The Morgan fingerprint density at radius 1 is 1.07 bits per heavy atom. The van der Waals surface area contributed by atoms with Crippen molar-refractivity contribution < 1.29 is 19.2 Å². The molecule has 0 aromatic rings. The van der Waals surface area contributed by atoms with Crippen LogP contribution in [0.3, 0.4) is 0 Å². The van der Waals surface area contributed by atoms with E-state index in [2.05, 4.69) is 17.9 Å². The Balaban J connectivity index is 2.09. The van der Waals surface area contributed by atoms with Crippen LogP contribution in [0, 0.1) is 5.92 Å². The summed E-state index contributed by atoms with van der Waals surface area (Å²) in [5, 5.41) is 2.13. The zero-order valence-corrected chi connectivity index (χ0v) is 17.8. The van der Waals surface area contributed by atoms with Crippen LogP contribution in [0.5, 0.6) is 0 Å². The minimum Gasteiger partial charge on any atom is -0.368 e. The van der Waals surface area contributed by atoms with E-state index in [0.29, 0.717) is 32.4 Å². The van der Waals surface area contributed by atoms with E-state index in [1.54, 1.807) is 9.80 Å². The number of hydrogen-bond donors (Lipinski definition) is 3. The molecule has 0 saturated carbocycles. The number of carbonyl (C=O) groups is 4. The van der Waals surface area contributed by atoms with Crippen molar-refractivity contribution in [3.8, 4) is 0 Å². The van der Waals surface area contributed by atoms with Crippen molar-refractivity contribution in [3.05, 3.63) is 0 Å². The summed E-state index contributed by atoms with van der Waals surface area (Å²) >= 11 is 4.48. The zero-order chi connectivity index (χ0) is 21.0. The third-order valence-corrected chi connectivity index (χ3v) is 6.61. The second-order valence-electron chi connectivity index (χ2n) is 7.84. The molecule has 4 amide bonds. The van der Waals surface area contributed by atoms with E-state index < -0.39 is 29.3 Å². The van der Waals surface area contributed by atoms with Crippen molar-refractivity contribution in [2.45, 2.75) is 76.3 Å². The fraction of sp³-hybridized carbons (Fsp3) is 0.789. The molecule has 0 aromatic heterocycles. The van der Waals surface area contributed by atoms with Crippen molar-refractivity contribution in [3.63, 3.8) is 0 Å². The summed E-state index contributed by atoms with van der Waals surface area (Å²) in [6.45, 7) is 6.50. The lowest BCUT2D eigenvalue weighted by Gasteiger charge is -2.33. The number of nitrogens with one attached hydrogen (secondary N) is 1. The third-order valence-electron chi connectivity index (χ3n) is 5.88. The number of nitrogens with two attached hydrogens (primary N) is 1. The first kappa shape index (κ1) is 22.5. The lowest BCUT2D eigenvalue weighted by atomic mass is 10.0. The molecule has 2 heterocycles. The summed E-state index contributed by atoms with van der Waals surface area (Å²) in [5.41, 5.74) is 5.21. The van der Waals surface area contributed by atoms with Crippen molar-refractivity contribution in [2.24, 2.45) is 11.7 Å². The molecule has 0 aromatic carbocycles. The Kier molecular flexibility index (Phi) is 7.74. The van der Waals surface area contributed by atoms with E-state index in [4.69, 9.17) is 5.73 Å². The lowest BCUT2D eigenvalue weighted by Crippen LogP contribution is -2.55. The van der Waals surface area contributed by atoms with E-state index in [0.717, 1.165) is 12.8 Å². The highest BCUT2D eigenvalue weighted by atomic mass is 32.1. The Morgan fingerprint density at radius 3 is 2.21 bits per heavy atom. The van der Waals surface area contributed by atoms with Crippen LogP contribution in [0.1, 0.15) is 52.9 Å². The molecule has 8 nitrogen and oxygen atoms in total. The van der Waals surface area contributed by atoms with Gasteiger partial charge >= 0.3 is 0 Å². The lowest BCUT2D eigenvalue weighted by molar-refractivity contribution is -0.147. The first-order valence-corrected chi connectivity index (χ1v) is 10.6. The second kappa shape index (κ2) is 9.62. The topological polar surface area (TPSA) is 113 Å². The number of amides is 4. The molecule has 28 heavy (non-hydrogen) atoms. The molecule has 9 heteroatoms. The molecular formula is C19H32N4O4S. The van der Waals surface area contributed by atoms with Gasteiger partial charge in [-0.2, -0.15) is 12.6 Å². The summed E-state index contributed by atoms with van der Waals surface area (Å²) in [7, 11) is 0. The quantitative estimate of drug-likeness (QED) is 0.522. The van der Waals surface area contributed by atoms with Gasteiger partial charge in [0.2, 0.25) is 23.6 Å². The Morgan fingerprint density at radius 2 is 1.64 bits per heavy atom. The van der Waals surface area contributed by atoms with E-state index in [-0.39, 0.29) is 23.6 Å². The monoisotopic (exact) mass is 412 g/mol. The molecule has 3 N–H and O–H groups in total. The summed E-state index contributed by atoms with van der Waals surface area (Å²) in [4.78, 5) is 53.0. The maximum Gasteiger partial charge on any atom is 0.246 e. The van der Waals surface area contributed by atoms with Crippen LogP contribution < -0.4 is 11.1 Å². The Bertz CT molecular complexity index is 629. The fourth-order valence-electron chi connectivity index (χ4n) is 3.80. The van der Waals surface area contributed by atoms with E-state index in [1.165, 1.54) is 6.92 Å². The number of hydrogen-bond acceptors (Lipinski definition) is 5. The number of primary amides is 1. The number of rotatable bonds is 7. The fourth-order valence-corrected chi connectivity index (χ4v) is 4.16. The number of nitrogens with zero attached hydrogens (tertiary/aromatic N) is 2. The largest absolute Gasteiger partial charge is 0.368 e. The number of thiol groups is 1. The molecule has 0 spiro atoms. The minimum absolute atomic E-state index is 0.115. The van der Waals surface area contributed by atoms with E-state index >= 15 is 0 Å². The Hall–Kier alpha value is -1.77. The molecule has 5 atom stereocenters. The minimum atomic E-state index is -0.796. The van der Waals surface area contributed by atoms with Gasteiger partial charge in [0.1, 0.15) is 18.1 Å².